The summed E-state index contributed by atoms with van der Waals surface area (Å²) >= 11 is 4.97. The van der Waals surface area contributed by atoms with Gasteiger partial charge in [0.05, 0.1) is 9.20 Å². The molecule has 0 amide bonds. The molecule has 1 aromatic heterocycles. The highest BCUT2D eigenvalue weighted by molar-refractivity contribution is 9.11. The summed E-state index contributed by atoms with van der Waals surface area (Å²) in [6.07, 6.45) is 1.26. The van der Waals surface area contributed by atoms with Crippen LogP contribution in [0.1, 0.15) is 25.1 Å². The molecule has 0 aliphatic rings. The molecule has 14 heavy (non-hydrogen) atoms. The van der Waals surface area contributed by atoms with Crippen LogP contribution in [0, 0.1) is 5.41 Å². The molecule has 0 aliphatic heterocycles. The number of hydrogen-bond donors (Lipinski definition) is 1. The fourth-order valence-electron chi connectivity index (χ4n) is 1.18. The van der Waals surface area contributed by atoms with Crippen LogP contribution >= 0.6 is 27.3 Å². The van der Waals surface area contributed by atoms with Gasteiger partial charge in [0.15, 0.2) is 0 Å². The summed E-state index contributed by atoms with van der Waals surface area (Å²) in [5.41, 5.74) is -0.635. The van der Waals surface area contributed by atoms with E-state index in [2.05, 4.69) is 15.9 Å². The highest BCUT2D eigenvalue weighted by Crippen LogP contribution is 2.31. The fourth-order valence-corrected chi connectivity index (χ4v) is 2.85. The van der Waals surface area contributed by atoms with Crippen molar-refractivity contribution in [2.75, 3.05) is 0 Å². The molecule has 78 valence electrons. The van der Waals surface area contributed by atoms with Crippen molar-refractivity contribution in [2.24, 2.45) is 5.41 Å². The normalized spacial score (nSPS) is 15.1. The second-order valence-corrected chi connectivity index (χ2v) is 6.15. The van der Waals surface area contributed by atoms with Gasteiger partial charge in [-0.15, -0.1) is 11.3 Å². The minimum Gasteiger partial charge on any atom is -0.481 e. The van der Waals surface area contributed by atoms with E-state index < -0.39 is 11.4 Å². The van der Waals surface area contributed by atoms with Crippen LogP contribution in [0.4, 0.5) is 0 Å². The third kappa shape index (κ3) is 2.58. The van der Waals surface area contributed by atoms with Gasteiger partial charge in [-0.05, 0) is 47.8 Å². The quantitative estimate of drug-likeness (QED) is 0.913. The Balaban J connectivity index is 2.80. The Hall–Kier alpha value is -0.350. The van der Waals surface area contributed by atoms with Crippen molar-refractivity contribution in [1.29, 1.82) is 0 Å². The molecule has 1 atom stereocenters. The Kier molecular flexibility index (Phi) is 3.72. The topological polar surface area (TPSA) is 37.3 Å². The average molecular weight is 277 g/mol. The molecular formula is C10H13BrO2S. The van der Waals surface area contributed by atoms with Crippen LogP contribution in [-0.4, -0.2) is 11.1 Å². The zero-order chi connectivity index (χ0) is 10.8. The smallest absolute Gasteiger partial charge is 0.309 e. The average Bonchev–Trinajstić information content (AvgIpc) is 2.50. The van der Waals surface area contributed by atoms with E-state index in [9.17, 15) is 4.79 Å². The zero-order valence-corrected chi connectivity index (χ0v) is 10.6. The number of carboxylic acids is 1. The van der Waals surface area contributed by atoms with E-state index in [0.29, 0.717) is 12.8 Å². The standard InChI is InChI=1S/C10H13BrO2S/c1-3-10(2,9(12)13)6-7-4-5-8(11)14-7/h4-5H,3,6H2,1-2H3,(H,12,13). The summed E-state index contributed by atoms with van der Waals surface area (Å²) < 4.78 is 1.05. The number of halogens is 1. The first-order valence-electron chi connectivity index (χ1n) is 4.45. The zero-order valence-electron chi connectivity index (χ0n) is 8.21. The highest BCUT2D eigenvalue weighted by atomic mass is 79.9. The molecule has 0 saturated heterocycles. The van der Waals surface area contributed by atoms with Crippen LogP contribution < -0.4 is 0 Å². The molecule has 1 aromatic rings. The maximum atomic E-state index is 11.1. The van der Waals surface area contributed by atoms with Crippen molar-refractivity contribution in [2.45, 2.75) is 26.7 Å². The van der Waals surface area contributed by atoms with E-state index in [4.69, 9.17) is 5.11 Å². The molecule has 0 saturated carbocycles. The molecule has 0 spiro atoms. The maximum absolute atomic E-state index is 11.1. The third-order valence-corrected chi connectivity index (χ3v) is 4.11. The molecule has 1 unspecified atom stereocenters. The van der Waals surface area contributed by atoms with E-state index in [0.717, 1.165) is 8.66 Å². The highest BCUT2D eigenvalue weighted by Gasteiger charge is 2.31. The van der Waals surface area contributed by atoms with Gasteiger partial charge in [0, 0.05) is 4.88 Å². The summed E-state index contributed by atoms with van der Waals surface area (Å²) in [5.74, 6) is -0.718. The molecule has 0 aromatic carbocycles. The van der Waals surface area contributed by atoms with Gasteiger partial charge in [0.2, 0.25) is 0 Å². The molecule has 2 nitrogen and oxygen atoms in total. The Bertz CT molecular complexity index is 335. The fraction of sp³-hybridized carbons (Fsp3) is 0.500. The van der Waals surface area contributed by atoms with Gasteiger partial charge in [0.1, 0.15) is 0 Å². The molecule has 4 heteroatoms. The van der Waals surface area contributed by atoms with Gasteiger partial charge in [-0.3, -0.25) is 4.79 Å². The summed E-state index contributed by atoms with van der Waals surface area (Å²) in [6, 6.07) is 3.93. The Morgan fingerprint density at radius 2 is 2.29 bits per heavy atom. The molecule has 0 aliphatic carbocycles. The predicted molar refractivity (Wildman–Crippen MR) is 61.8 cm³/mol. The second-order valence-electron chi connectivity index (χ2n) is 3.60. The summed E-state index contributed by atoms with van der Waals surface area (Å²) in [4.78, 5) is 12.2. The molecule has 0 fully saturated rings. The number of hydrogen-bond acceptors (Lipinski definition) is 2. The van der Waals surface area contributed by atoms with Gasteiger partial charge >= 0.3 is 5.97 Å². The minimum atomic E-state index is -0.718. The first kappa shape index (κ1) is 11.7. The van der Waals surface area contributed by atoms with Crippen LogP contribution in [0.25, 0.3) is 0 Å². The Morgan fingerprint density at radius 1 is 1.64 bits per heavy atom. The summed E-state index contributed by atoms with van der Waals surface area (Å²) in [7, 11) is 0. The molecular weight excluding hydrogens is 264 g/mol. The van der Waals surface area contributed by atoms with Crippen molar-refractivity contribution in [3.8, 4) is 0 Å². The number of aliphatic carboxylic acids is 1. The maximum Gasteiger partial charge on any atom is 0.309 e. The van der Waals surface area contributed by atoms with Crippen LogP contribution in [-0.2, 0) is 11.2 Å². The largest absolute Gasteiger partial charge is 0.481 e. The molecule has 1 N–H and O–H groups in total. The van der Waals surface area contributed by atoms with E-state index in [1.165, 1.54) is 0 Å². The number of carboxylic acid groups (broad SMARTS) is 1. The van der Waals surface area contributed by atoms with E-state index in [1.807, 2.05) is 19.1 Å². The van der Waals surface area contributed by atoms with Crippen molar-refractivity contribution in [3.63, 3.8) is 0 Å². The van der Waals surface area contributed by atoms with Crippen LogP contribution in [0.2, 0.25) is 0 Å². The first-order chi connectivity index (χ1) is 6.48. The van der Waals surface area contributed by atoms with Crippen molar-refractivity contribution in [1.82, 2.24) is 0 Å². The molecule has 0 bridgehead atoms. The molecule has 0 radical (unpaired) electrons. The van der Waals surface area contributed by atoms with Gasteiger partial charge in [0.25, 0.3) is 0 Å². The number of rotatable bonds is 4. The summed E-state index contributed by atoms with van der Waals surface area (Å²) in [6.45, 7) is 3.71. The van der Waals surface area contributed by atoms with Gasteiger partial charge in [-0.1, -0.05) is 6.92 Å². The molecule has 1 heterocycles. The van der Waals surface area contributed by atoms with Gasteiger partial charge < -0.3 is 5.11 Å². The SMILES string of the molecule is CCC(C)(Cc1ccc(Br)s1)C(=O)O. The minimum absolute atomic E-state index is 0.606. The van der Waals surface area contributed by atoms with E-state index in [-0.39, 0.29) is 0 Å². The lowest BCUT2D eigenvalue weighted by molar-refractivity contribution is -0.148. The summed E-state index contributed by atoms with van der Waals surface area (Å²) in [5, 5.41) is 9.09. The lowest BCUT2D eigenvalue weighted by Crippen LogP contribution is -2.28. The predicted octanol–water partition coefficient (Wildman–Crippen LogP) is 3.55. The van der Waals surface area contributed by atoms with Crippen LogP contribution in [0.3, 0.4) is 0 Å². The van der Waals surface area contributed by atoms with Crippen molar-refractivity contribution < 1.29 is 9.90 Å². The van der Waals surface area contributed by atoms with Gasteiger partial charge in [-0.2, -0.15) is 0 Å². The third-order valence-electron chi connectivity index (χ3n) is 2.49. The van der Waals surface area contributed by atoms with Gasteiger partial charge in [-0.25, -0.2) is 0 Å². The lowest BCUT2D eigenvalue weighted by atomic mass is 9.84. The first-order valence-corrected chi connectivity index (χ1v) is 6.06. The monoisotopic (exact) mass is 276 g/mol. The second kappa shape index (κ2) is 4.45. The van der Waals surface area contributed by atoms with Crippen molar-refractivity contribution >= 4 is 33.2 Å². The van der Waals surface area contributed by atoms with Crippen LogP contribution in [0.15, 0.2) is 15.9 Å². The van der Waals surface area contributed by atoms with Crippen LogP contribution in [0.5, 0.6) is 0 Å². The Labute approximate surface area is 96.1 Å². The number of carbonyl (C=O) groups is 1. The van der Waals surface area contributed by atoms with E-state index in [1.54, 1.807) is 18.3 Å². The van der Waals surface area contributed by atoms with Crippen molar-refractivity contribution in [3.05, 3.63) is 20.8 Å². The Morgan fingerprint density at radius 3 is 2.64 bits per heavy atom. The van der Waals surface area contributed by atoms with E-state index >= 15 is 0 Å². The lowest BCUT2D eigenvalue weighted by Gasteiger charge is -2.21. The molecule has 1 rings (SSSR count). The number of thiophene rings is 1.